The van der Waals surface area contributed by atoms with Crippen molar-refractivity contribution in [3.8, 4) is 0 Å². The van der Waals surface area contributed by atoms with Gasteiger partial charge >= 0.3 is 5.97 Å². The zero-order valence-corrected chi connectivity index (χ0v) is 13.2. The summed E-state index contributed by atoms with van der Waals surface area (Å²) in [7, 11) is 0. The van der Waals surface area contributed by atoms with Gasteiger partial charge in [0, 0.05) is 16.6 Å². The number of esters is 1. The van der Waals surface area contributed by atoms with Crippen molar-refractivity contribution in [3.05, 3.63) is 79.9 Å². The molecule has 0 aromatic heterocycles. The highest BCUT2D eigenvalue weighted by atomic mass is 79.9. The molecule has 114 valence electrons. The molecule has 1 heterocycles. The summed E-state index contributed by atoms with van der Waals surface area (Å²) in [6, 6.07) is 13.1. The standard InChI is InChI=1S/C16H9BrN2O4/c17-13-4-2-1-3-12(13)15-18-14(16(20)23-15)9-10-5-7-11(8-6-10)19(21)22/h1-9H/b14-9-. The third kappa shape index (κ3) is 3.19. The largest absolute Gasteiger partial charge is 0.402 e. The van der Waals surface area contributed by atoms with Crippen molar-refractivity contribution in [2.75, 3.05) is 0 Å². The number of aliphatic imine (C=N–C) groups is 1. The molecule has 0 radical (unpaired) electrons. The molecular formula is C16H9BrN2O4. The fraction of sp³-hybridized carbons (Fsp3) is 0. The van der Waals surface area contributed by atoms with Crippen LogP contribution >= 0.6 is 15.9 Å². The number of carbonyl (C=O) groups is 1. The predicted molar refractivity (Wildman–Crippen MR) is 87.8 cm³/mol. The molecule has 0 aliphatic carbocycles. The van der Waals surface area contributed by atoms with Crippen LogP contribution in [0.15, 0.2) is 63.7 Å². The van der Waals surface area contributed by atoms with E-state index in [1.54, 1.807) is 18.2 Å². The van der Waals surface area contributed by atoms with Crippen molar-refractivity contribution in [2.45, 2.75) is 0 Å². The molecule has 0 saturated carbocycles. The Balaban J connectivity index is 1.92. The zero-order valence-electron chi connectivity index (χ0n) is 11.6. The van der Waals surface area contributed by atoms with E-state index >= 15 is 0 Å². The Morgan fingerprint density at radius 3 is 2.48 bits per heavy atom. The van der Waals surface area contributed by atoms with Gasteiger partial charge in [0.05, 0.1) is 10.5 Å². The van der Waals surface area contributed by atoms with Crippen molar-refractivity contribution in [2.24, 2.45) is 4.99 Å². The van der Waals surface area contributed by atoms with E-state index in [0.29, 0.717) is 11.1 Å². The number of nitrogens with zero attached hydrogens (tertiary/aromatic N) is 2. The molecule has 0 amide bonds. The van der Waals surface area contributed by atoms with E-state index in [2.05, 4.69) is 20.9 Å². The number of benzene rings is 2. The molecule has 23 heavy (non-hydrogen) atoms. The minimum absolute atomic E-state index is 0.0152. The summed E-state index contributed by atoms with van der Waals surface area (Å²) >= 11 is 3.38. The van der Waals surface area contributed by atoms with Crippen molar-refractivity contribution in [3.63, 3.8) is 0 Å². The maximum atomic E-state index is 11.9. The summed E-state index contributed by atoms with van der Waals surface area (Å²) in [5.74, 6) is -0.343. The SMILES string of the molecule is O=C1OC(c2ccccc2Br)=N/C1=C\c1ccc([N+](=O)[O-])cc1. The average molecular weight is 373 g/mol. The van der Waals surface area contributed by atoms with Gasteiger partial charge in [0.1, 0.15) is 0 Å². The molecule has 3 rings (SSSR count). The number of hydrogen-bond acceptors (Lipinski definition) is 5. The minimum Gasteiger partial charge on any atom is -0.402 e. The summed E-state index contributed by atoms with van der Waals surface area (Å²) in [5.41, 5.74) is 1.43. The summed E-state index contributed by atoms with van der Waals surface area (Å²) in [6.07, 6.45) is 1.52. The zero-order chi connectivity index (χ0) is 16.4. The highest BCUT2D eigenvalue weighted by molar-refractivity contribution is 9.10. The quantitative estimate of drug-likeness (QED) is 0.356. The second-order valence-electron chi connectivity index (χ2n) is 4.66. The number of hydrogen-bond donors (Lipinski definition) is 0. The van der Waals surface area contributed by atoms with Gasteiger partial charge in [-0.2, -0.15) is 0 Å². The molecular weight excluding hydrogens is 364 g/mol. The van der Waals surface area contributed by atoms with Crippen LogP contribution in [0.5, 0.6) is 0 Å². The fourth-order valence-electron chi connectivity index (χ4n) is 2.01. The van der Waals surface area contributed by atoms with E-state index in [0.717, 1.165) is 4.47 Å². The van der Waals surface area contributed by atoms with Gasteiger partial charge in [0.25, 0.3) is 5.69 Å². The summed E-state index contributed by atoms with van der Waals surface area (Å²) in [5, 5.41) is 10.6. The van der Waals surface area contributed by atoms with Crippen LogP contribution in [0, 0.1) is 10.1 Å². The van der Waals surface area contributed by atoms with Gasteiger partial charge in [-0.05, 0) is 51.8 Å². The molecule has 0 fully saturated rings. The van der Waals surface area contributed by atoms with Crippen molar-refractivity contribution in [1.82, 2.24) is 0 Å². The van der Waals surface area contributed by atoms with Crippen LogP contribution in [0.25, 0.3) is 6.08 Å². The van der Waals surface area contributed by atoms with Gasteiger partial charge in [0.2, 0.25) is 5.90 Å². The highest BCUT2D eigenvalue weighted by Crippen LogP contribution is 2.24. The Morgan fingerprint density at radius 1 is 1.13 bits per heavy atom. The number of ether oxygens (including phenoxy) is 1. The van der Waals surface area contributed by atoms with E-state index in [4.69, 9.17) is 4.74 Å². The van der Waals surface area contributed by atoms with Crippen LogP contribution in [-0.4, -0.2) is 16.8 Å². The number of non-ortho nitro benzene ring substituents is 1. The lowest BCUT2D eigenvalue weighted by atomic mass is 10.2. The lowest BCUT2D eigenvalue weighted by Crippen LogP contribution is -2.05. The van der Waals surface area contributed by atoms with Gasteiger partial charge < -0.3 is 4.74 Å². The van der Waals surface area contributed by atoms with Crippen LogP contribution in [-0.2, 0) is 9.53 Å². The molecule has 0 atom stereocenters. The van der Waals surface area contributed by atoms with Crippen LogP contribution in [0.3, 0.4) is 0 Å². The number of cyclic esters (lactones) is 1. The summed E-state index contributed by atoms with van der Waals surface area (Å²) in [4.78, 5) is 26.3. The molecule has 1 aliphatic rings. The highest BCUT2D eigenvalue weighted by Gasteiger charge is 2.25. The third-order valence-corrected chi connectivity index (χ3v) is 3.82. The Morgan fingerprint density at radius 2 is 1.83 bits per heavy atom. The van der Waals surface area contributed by atoms with Gasteiger partial charge in [-0.15, -0.1) is 0 Å². The predicted octanol–water partition coefficient (Wildman–Crippen LogP) is 3.70. The van der Waals surface area contributed by atoms with Crippen LogP contribution < -0.4 is 0 Å². The number of rotatable bonds is 3. The summed E-state index contributed by atoms with van der Waals surface area (Å²) in [6.45, 7) is 0. The fourth-order valence-corrected chi connectivity index (χ4v) is 2.46. The first kappa shape index (κ1) is 15.1. The second-order valence-corrected chi connectivity index (χ2v) is 5.52. The van der Waals surface area contributed by atoms with Gasteiger partial charge in [-0.3, -0.25) is 10.1 Å². The molecule has 6 nitrogen and oxygen atoms in total. The van der Waals surface area contributed by atoms with E-state index < -0.39 is 10.9 Å². The number of nitro benzene ring substituents is 1. The second kappa shape index (κ2) is 6.13. The Kier molecular flexibility index (Phi) is 4.03. The molecule has 0 spiro atoms. The molecule has 0 unspecified atom stereocenters. The number of halogens is 1. The molecule has 2 aromatic carbocycles. The first-order valence-electron chi connectivity index (χ1n) is 6.56. The molecule has 0 saturated heterocycles. The monoisotopic (exact) mass is 372 g/mol. The Hall–Kier alpha value is -2.80. The maximum absolute atomic E-state index is 11.9. The lowest BCUT2D eigenvalue weighted by molar-refractivity contribution is -0.384. The normalized spacial score (nSPS) is 15.4. The maximum Gasteiger partial charge on any atom is 0.363 e. The number of nitro groups is 1. The first-order valence-corrected chi connectivity index (χ1v) is 7.36. The van der Waals surface area contributed by atoms with Crippen LogP contribution in [0.2, 0.25) is 0 Å². The van der Waals surface area contributed by atoms with Gasteiger partial charge in [-0.1, -0.05) is 12.1 Å². The van der Waals surface area contributed by atoms with Crippen molar-refractivity contribution < 1.29 is 14.5 Å². The topological polar surface area (TPSA) is 81.8 Å². The summed E-state index contributed by atoms with van der Waals surface area (Å²) < 4.78 is 5.95. The van der Waals surface area contributed by atoms with Gasteiger partial charge in [-0.25, -0.2) is 9.79 Å². The Labute approximate surface area is 139 Å². The smallest absolute Gasteiger partial charge is 0.363 e. The molecule has 0 bridgehead atoms. The molecule has 1 aliphatic heterocycles. The molecule has 0 N–H and O–H groups in total. The van der Waals surface area contributed by atoms with Crippen molar-refractivity contribution >= 4 is 39.6 Å². The first-order chi connectivity index (χ1) is 11.0. The average Bonchev–Trinajstić information content (AvgIpc) is 2.89. The Bertz CT molecular complexity index is 857. The minimum atomic E-state index is -0.561. The van der Waals surface area contributed by atoms with Crippen molar-refractivity contribution in [1.29, 1.82) is 0 Å². The lowest BCUT2D eigenvalue weighted by Gasteiger charge is -2.01. The number of carbonyl (C=O) groups excluding carboxylic acids is 1. The molecule has 7 heteroatoms. The van der Waals surface area contributed by atoms with E-state index in [9.17, 15) is 14.9 Å². The van der Waals surface area contributed by atoms with Crippen LogP contribution in [0.4, 0.5) is 5.69 Å². The van der Waals surface area contributed by atoms with E-state index in [1.165, 1.54) is 18.2 Å². The third-order valence-electron chi connectivity index (χ3n) is 3.13. The van der Waals surface area contributed by atoms with E-state index in [-0.39, 0.29) is 17.3 Å². The van der Waals surface area contributed by atoms with Crippen LogP contribution in [0.1, 0.15) is 11.1 Å². The van der Waals surface area contributed by atoms with E-state index in [1.807, 2.05) is 18.2 Å². The molecule has 2 aromatic rings. The van der Waals surface area contributed by atoms with Gasteiger partial charge in [0.15, 0.2) is 5.70 Å².